The van der Waals surface area contributed by atoms with Gasteiger partial charge in [-0.3, -0.25) is 4.98 Å². The summed E-state index contributed by atoms with van der Waals surface area (Å²) in [6, 6.07) is 4.08. The van der Waals surface area contributed by atoms with E-state index in [0.29, 0.717) is 18.4 Å². The molecule has 0 spiro atoms. The van der Waals surface area contributed by atoms with Gasteiger partial charge >= 0.3 is 0 Å². The van der Waals surface area contributed by atoms with Gasteiger partial charge in [-0.2, -0.15) is 0 Å². The summed E-state index contributed by atoms with van der Waals surface area (Å²) in [5.74, 6) is 2.12. The van der Waals surface area contributed by atoms with Gasteiger partial charge in [-0.25, -0.2) is 9.97 Å². The van der Waals surface area contributed by atoms with Crippen molar-refractivity contribution in [2.75, 3.05) is 24.6 Å². The first-order valence-corrected chi connectivity index (χ1v) is 7.86. The first kappa shape index (κ1) is 14.3. The van der Waals surface area contributed by atoms with E-state index in [1.165, 1.54) is 6.42 Å². The van der Waals surface area contributed by atoms with Gasteiger partial charge in [-0.05, 0) is 40.9 Å². The Bertz CT molecular complexity index is 564. The van der Waals surface area contributed by atoms with Crippen LogP contribution in [0, 0.1) is 5.92 Å². The van der Waals surface area contributed by atoms with Gasteiger partial charge in [0.1, 0.15) is 5.82 Å². The molecule has 1 atom stereocenters. The minimum Gasteiger partial charge on any atom is -0.476 e. The second-order valence-electron chi connectivity index (χ2n) is 5.14. The zero-order chi connectivity index (χ0) is 14.5. The fourth-order valence-electron chi connectivity index (χ4n) is 2.53. The molecule has 1 aliphatic rings. The summed E-state index contributed by atoms with van der Waals surface area (Å²) < 4.78 is 6.73. The van der Waals surface area contributed by atoms with Crippen LogP contribution in [0.25, 0.3) is 0 Å². The summed E-state index contributed by atoms with van der Waals surface area (Å²) in [5.41, 5.74) is 0. The van der Waals surface area contributed by atoms with E-state index in [9.17, 15) is 0 Å². The molecule has 0 amide bonds. The molecule has 1 saturated heterocycles. The van der Waals surface area contributed by atoms with Crippen LogP contribution < -0.4 is 9.64 Å². The Morgan fingerprint density at radius 3 is 2.95 bits per heavy atom. The van der Waals surface area contributed by atoms with Gasteiger partial charge < -0.3 is 9.64 Å². The summed E-state index contributed by atoms with van der Waals surface area (Å²) in [6.07, 6.45) is 9.12. The van der Waals surface area contributed by atoms with Crippen molar-refractivity contribution in [2.24, 2.45) is 5.92 Å². The lowest BCUT2D eigenvalue weighted by Gasteiger charge is -2.33. The van der Waals surface area contributed by atoms with Crippen molar-refractivity contribution in [1.29, 1.82) is 0 Å². The molecule has 1 unspecified atom stereocenters. The van der Waals surface area contributed by atoms with Crippen LogP contribution in [0.15, 0.2) is 41.4 Å². The Labute approximate surface area is 132 Å². The number of rotatable bonds is 4. The van der Waals surface area contributed by atoms with Crippen molar-refractivity contribution in [2.45, 2.75) is 12.8 Å². The first-order valence-electron chi connectivity index (χ1n) is 7.06. The maximum Gasteiger partial charge on any atom is 0.232 e. The summed E-state index contributed by atoms with van der Waals surface area (Å²) in [6.45, 7) is 2.69. The van der Waals surface area contributed by atoms with Crippen molar-refractivity contribution in [3.05, 3.63) is 41.4 Å². The third-order valence-electron chi connectivity index (χ3n) is 3.56. The number of aromatic nitrogens is 3. The molecule has 3 rings (SSSR count). The summed E-state index contributed by atoms with van der Waals surface area (Å²) >= 11 is 3.42. The van der Waals surface area contributed by atoms with E-state index in [1.54, 1.807) is 18.6 Å². The lowest BCUT2D eigenvalue weighted by atomic mass is 9.99. The van der Waals surface area contributed by atoms with Crippen LogP contribution in [-0.4, -0.2) is 34.6 Å². The number of hydrogen-bond donors (Lipinski definition) is 0. The molecule has 0 aromatic carbocycles. The molecule has 2 aromatic rings. The van der Waals surface area contributed by atoms with Gasteiger partial charge in [0.05, 0.1) is 12.8 Å². The van der Waals surface area contributed by atoms with Crippen molar-refractivity contribution in [3.8, 4) is 5.88 Å². The Balaban J connectivity index is 1.57. The van der Waals surface area contributed by atoms with Gasteiger partial charge in [0.2, 0.25) is 5.88 Å². The topological polar surface area (TPSA) is 51.1 Å². The summed E-state index contributed by atoms with van der Waals surface area (Å²) in [7, 11) is 0. The van der Waals surface area contributed by atoms with Crippen molar-refractivity contribution in [1.82, 2.24) is 15.0 Å². The van der Waals surface area contributed by atoms with Crippen LogP contribution >= 0.6 is 15.9 Å². The van der Waals surface area contributed by atoms with E-state index in [2.05, 4.69) is 41.8 Å². The smallest absolute Gasteiger partial charge is 0.232 e. The van der Waals surface area contributed by atoms with Crippen LogP contribution in [-0.2, 0) is 0 Å². The Morgan fingerprint density at radius 1 is 1.24 bits per heavy atom. The predicted molar refractivity (Wildman–Crippen MR) is 84.4 cm³/mol. The zero-order valence-electron chi connectivity index (χ0n) is 11.7. The monoisotopic (exact) mass is 348 g/mol. The lowest BCUT2D eigenvalue weighted by molar-refractivity contribution is 0.221. The van der Waals surface area contributed by atoms with E-state index < -0.39 is 0 Å². The van der Waals surface area contributed by atoms with Gasteiger partial charge in [-0.15, -0.1) is 0 Å². The average Bonchev–Trinajstić information content (AvgIpc) is 2.55. The fourth-order valence-corrected chi connectivity index (χ4v) is 2.76. The Kier molecular flexibility index (Phi) is 4.65. The third kappa shape index (κ3) is 3.91. The molecule has 0 radical (unpaired) electrons. The van der Waals surface area contributed by atoms with Gasteiger partial charge in [0.25, 0.3) is 0 Å². The molecule has 0 saturated carbocycles. The highest BCUT2D eigenvalue weighted by Crippen LogP contribution is 2.23. The second kappa shape index (κ2) is 6.85. The van der Waals surface area contributed by atoms with E-state index in [0.717, 1.165) is 29.8 Å². The Hall–Kier alpha value is -1.69. The molecule has 6 heteroatoms. The molecule has 3 heterocycles. The minimum absolute atomic E-state index is 0.492. The van der Waals surface area contributed by atoms with Crippen molar-refractivity contribution < 1.29 is 4.74 Å². The Morgan fingerprint density at radius 2 is 2.19 bits per heavy atom. The number of anilines is 1. The maximum absolute atomic E-state index is 5.72. The molecule has 0 aliphatic carbocycles. The number of hydrogen-bond acceptors (Lipinski definition) is 5. The molecule has 5 nitrogen and oxygen atoms in total. The molecular formula is C15H17BrN4O. The lowest BCUT2D eigenvalue weighted by Crippen LogP contribution is -2.38. The molecule has 2 aromatic heterocycles. The fraction of sp³-hybridized carbons (Fsp3) is 0.400. The van der Waals surface area contributed by atoms with E-state index in [1.807, 2.05) is 12.3 Å². The van der Waals surface area contributed by atoms with Crippen molar-refractivity contribution in [3.63, 3.8) is 0 Å². The van der Waals surface area contributed by atoms with Crippen LogP contribution in [0.5, 0.6) is 5.88 Å². The largest absolute Gasteiger partial charge is 0.476 e. The molecule has 21 heavy (non-hydrogen) atoms. The number of halogens is 1. The molecule has 1 fully saturated rings. The van der Waals surface area contributed by atoms with Gasteiger partial charge in [0, 0.05) is 42.1 Å². The van der Waals surface area contributed by atoms with Crippen LogP contribution in [0.3, 0.4) is 0 Å². The molecule has 0 N–H and O–H groups in total. The quantitative estimate of drug-likeness (QED) is 0.850. The highest BCUT2D eigenvalue weighted by molar-refractivity contribution is 9.10. The highest BCUT2D eigenvalue weighted by atomic mass is 79.9. The number of piperidine rings is 1. The van der Waals surface area contributed by atoms with Crippen LogP contribution in [0.1, 0.15) is 12.8 Å². The number of nitrogens with zero attached hydrogens (tertiary/aromatic N) is 4. The minimum atomic E-state index is 0.492. The van der Waals surface area contributed by atoms with E-state index in [-0.39, 0.29) is 0 Å². The molecule has 1 aliphatic heterocycles. The average molecular weight is 349 g/mol. The van der Waals surface area contributed by atoms with Crippen LogP contribution in [0.2, 0.25) is 0 Å². The predicted octanol–water partition coefficient (Wildman–Crippen LogP) is 2.93. The number of ether oxygens (including phenoxy) is 1. The second-order valence-corrected chi connectivity index (χ2v) is 6.06. The van der Waals surface area contributed by atoms with Gasteiger partial charge in [-0.1, -0.05) is 0 Å². The SMILES string of the molecule is Brc1ccc(N2CCCC(COc3cnccn3)C2)nc1. The normalized spacial score (nSPS) is 18.5. The van der Waals surface area contributed by atoms with E-state index >= 15 is 0 Å². The zero-order valence-corrected chi connectivity index (χ0v) is 13.2. The maximum atomic E-state index is 5.72. The van der Waals surface area contributed by atoms with Crippen LogP contribution in [0.4, 0.5) is 5.82 Å². The van der Waals surface area contributed by atoms with Crippen molar-refractivity contribution >= 4 is 21.7 Å². The molecule has 110 valence electrons. The van der Waals surface area contributed by atoms with E-state index in [4.69, 9.17) is 4.74 Å². The highest BCUT2D eigenvalue weighted by Gasteiger charge is 2.21. The summed E-state index contributed by atoms with van der Waals surface area (Å²) in [5, 5.41) is 0. The summed E-state index contributed by atoms with van der Waals surface area (Å²) in [4.78, 5) is 14.9. The first-order chi connectivity index (χ1) is 10.3. The number of pyridine rings is 1. The molecular weight excluding hydrogens is 332 g/mol. The third-order valence-corrected chi connectivity index (χ3v) is 4.03. The van der Waals surface area contributed by atoms with Gasteiger partial charge in [0.15, 0.2) is 0 Å². The standard InChI is InChI=1S/C15H17BrN4O/c16-13-3-4-14(19-8-13)20-7-1-2-12(10-20)11-21-15-9-17-5-6-18-15/h3-6,8-9,12H,1-2,7,10-11H2. The molecule has 0 bridgehead atoms.